The predicted molar refractivity (Wildman–Crippen MR) is 95.5 cm³/mol. The molecular formula is C18H11ClF3N3O4. The molecule has 2 heterocycles. The van der Waals surface area contributed by atoms with E-state index in [1.165, 1.54) is 19.2 Å². The third-order valence-electron chi connectivity index (χ3n) is 3.69. The summed E-state index contributed by atoms with van der Waals surface area (Å²) in [6.07, 6.45) is -2.90. The van der Waals surface area contributed by atoms with Gasteiger partial charge in [-0.2, -0.15) is 23.0 Å². The maximum Gasteiger partial charge on any atom is 0.417 e. The molecule has 3 aromatic rings. The average molecular weight is 426 g/mol. The molecule has 0 N–H and O–H groups in total. The number of halogens is 4. The summed E-state index contributed by atoms with van der Waals surface area (Å²) in [5, 5.41) is 3.43. The van der Waals surface area contributed by atoms with Crippen LogP contribution < -0.4 is 10.3 Å². The first-order chi connectivity index (χ1) is 13.7. The fourth-order valence-corrected chi connectivity index (χ4v) is 2.45. The number of pyridine rings is 1. The Morgan fingerprint density at radius 1 is 1.10 bits per heavy atom. The second-order valence-corrected chi connectivity index (χ2v) is 5.91. The van der Waals surface area contributed by atoms with Crippen molar-refractivity contribution in [2.45, 2.75) is 6.18 Å². The zero-order valence-corrected chi connectivity index (χ0v) is 15.4. The average Bonchev–Trinajstić information content (AvgIpc) is 2.71. The fourth-order valence-electron chi connectivity index (χ4n) is 2.28. The molecule has 150 valence electrons. The van der Waals surface area contributed by atoms with Crippen LogP contribution in [0.2, 0.25) is 5.02 Å². The number of esters is 1. The molecular weight excluding hydrogens is 415 g/mol. The van der Waals surface area contributed by atoms with Crippen LogP contribution in [0.5, 0.6) is 11.5 Å². The summed E-state index contributed by atoms with van der Waals surface area (Å²) < 4.78 is 48.8. The summed E-state index contributed by atoms with van der Waals surface area (Å²) >= 11 is 6.05. The highest BCUT2D eigenvalue weighted by Crippen LogP contribution is 2.30. The van der Waals surface area contributed by atoms with E-state index in [0.29, 0.717) is 6.20 Å². The van der Waals surface area contributed by atoms with E-state index in [-0.39, 0.29) is 22.9 Å². The zero-order chi connectivity index (χ0) is 21.2. The van der Waals surface area contributed by atoms with E-state index in [4.69, 9.17) is 16.3 Å². The summed E-state index contributed by atoms with van der Waals surface area (Å²) in [7, 11) is 1.20. The molecule has 0 fully saturated rings. The number of alkyl halides is 3. The Hall–Kier alpha value is -3.40. The number of hydrogen-bond donors (Lipinski definition) is 0. The molecule has 3 rings (SSSR count). The van der Waals surface area contributed by atoms with Crippen molar-refractivity contribution in [2.75, 3.05) is 7.11 Å². The summed E-state index contributed by atoms with van der Waals surface area (Å²) in [4.78, 5) is 27.9. The minimum absolute atomic E-state index is 0.0767. The fraction of sp³-hybridized carbons (Fsp3) is 0.111. The third-order valence-corrected chi connectivity index (χ3v) is 4.04. The first-order valence-electron chi connectivity index (χ1n) is 7.89. The normalized spacial score (nSPS) is 11.2. The lowest BCUT2D eigenvalue weighted by Crippen LogP contribution is -2.23. The van der Waals surface area contributed by atoms with Crippen LogP contribution in [0.4, 0.5) is 13.2 Å². The molecule has 0 amide bonds. The lowest BCUT2D eigenvalue weighted by atomic mass is 10.2. The Kier molecular flexibility index (Phi) is 5.55. The summed E-state index contributed by atoms with van der Waals surface area (Å²) in [5.74, 6) is -0.901. The first-order valence-corrected chi connectivity index (χ1v) is 8.27. The highest BCUT2D eigenvalue weighted by molar-refractivity contribution is 6.31. The number of para-hydroxylation sites is 1. The first kappa shape index (κ1) is 20.3. The van der Waals surface area contributed by atoms with Crippen LogP contribution in [0.15, 0.2) is 53.6 Å². The summed E-state index contributed by atoms with van der Waals surface area (Å²) in [5.41, 5.74) is -1.74. The topological polar surface area (TPSA) is 83.3 Å². The minimum Gasteiger partial charge on any atom is -0.465 e. The molecule has 0 atom stereocenters. The molecule has 11 heteroatoms. The van der Waals surface area contributed by atoms with E-state index in [1.54, 1.807) is 12.1 Å². The highest BCUT2D eigenvalue weighted by atomic mass is 35.5. The SMILES string of the molecule is COC(=O)c1ccccc1Oc1cnn(-c2ccc(C(F)(F)F)cn2)c(=O)c1Cl. The van der Waals surface area contributed by atoms with Gasteiger partial charge in [-0.15, -0.1) is 0 Å². The van der Waals surface area contributed by atoms with E-state index in [9.17, 15) is 22.8 Å². The van der Waals surface area contributed by atoms with Crippen LogP contribution >= 0.6 is 11.6 Å². The number of ether oxygens (including phenoxy) is 2. The predicted octanol–water partition coefficient (Wildman–Crippen LogP) is 3.88. The smallest absolute Gasteiger partial charge is 0.417 e. The van der Waals surface area contributed by atoms with Gasteiger partial charge in [-0.25, -0.2) is 9.78 Å². The number of carbonyl (C=O) groups excluding carboxylic acids is 1. The van der Waals surface area contributed by atoms with Crippen LogP contribution in [-0.2, 0) is 10.9 Å². The van der Waals surface area contributed by atoms with Crippen LogP contribution in [0.25, 0.3) is 5.82 Å². The van der Waals surface area contributed by atoms with Gasteiger partial charge in [0.15, 0.2) is 16.6 Å². The van der Waals surface area contributed by atoms with Crippen molar-refractivity contribution in [1.82, 2.24) is 14.8 Å². The van der Waals surface area contributed by atoms with E-state index in [0.717, 1.165) is 23.0 Å². The number of carbonyl (C=O) groups is 1. The Labute approximate surface area is 166 Å². The van der Waals surface area contributed by atoms with E-state index < -0.39 is 28.3 Å². The Morgan fingerprint density at radius 3 is 2.45 bits per heavy atom. The molecule has 1 aromatic carbocycles. The van der Waals surface area contributed by atoms with Gasteiger partial charge in [0.25, 0.3) is 5.56 Å². The van der Waals surface area contributed by atoms with Crippen molar-refractivity contribution in [3.05, 3.63) is 75.3 Å². The van der Waals surface area contributed by atoms with Crippen molar-refractivity contribution in [3.63, 3.8) is 0 Å². The van der Waals surface area contributed by atoms with Crippen molar-refractivity contribution < 1.29 is 27.4 Å². The van der Waals surface area contributed by atoms with Gasteiger partial charge in [0, 0.05) is 6.20 Å². The number of benzene rings is 1. The molecule has 0 saturated heterocycles. The maximum atomic E-state index is 12.6. The molecule has 29 heavy (non-hydrogen) atoms. The summed E-state index contributed by atoms with van der Waals surface area (Å²) in [6.45, 7) is 0. The van der Waals surface area contributed by atoms with E-state index in [2.05, 4.69) is 14.8 Å². The van der Waals surface area contributed by atoms with Crippen LogP contribution in [0.3, 0.4) is 0 Å². The molecule has 0 radical (unpaired) electrons. The molecule has 0 unspecified atom stereocenters. The zero-order valence-electron chi connectivity index (χ0n) is 14.6. The molecule has 0 spiro atoms. The van der Waals surface area contributed by atoms with E-state index in [1.807, 2.05) is 0 Å². The number of methoxy groups -OCH3 is 1. The van der Waals surface area contributed by atoms with Crippen molar-refractivity contribution >= 4 is 17.6 Å². The van der Waals surface area contributed by atoms with Gasteiger partial charge in [0.1, 0.15) is 11.3 Å². The largest absolute Gasteiger partial charge is 0.465 e. The van der Waals surface area contributed by atoms with Gasteiger partial charge in [0.2, 0.25) is 0 Å². The Morgan fingerprint density at radius 2 is 1.83 bits per heavy atom. The van der Waals surface area contributed by atoms with Gasteiger partial charge < -0.3 is 9.47 Å². The number of nitrogens with zero attached hydrogens (tertiary/aromatic N) is 3. The van der Waals surface area contributed by atoms with Crippen LogP contribution in [0, 0.1) is 0 Å². The minimum atomic E-state index is -4.56. The molecule has 0 aliphatic heterocycles. The monoisotopic (exact) mass is 425 g/mol. The van der Waals surface area contributed by atoms with Crippen molar-refractivity contribution in [1.29, 1.82) is 0 Å². The number of aromatic nitrogens is 3. The quantitative estimate of drug-likeness (QED) is 0.590. The van der Waals surface area contributed by atoms with Gasteiger partial charge in [-0.05, 0) is 24.3 Å². The molecule has 2 aromatic heterocycles. The Balaban J connectivity index is 1.95. The van der Waals surface area contributed by atoms with E-state index >= 15 is 0 Å². The van der Waals surface area contributed by atoms with Gasteiger partial charge >= 0.3 is 12.1 Å². The van der Waals surface area contributed by atoms with Gasteiger partial charge in [-0.3, -0.25) is 4.79 Å². The van der Waals surface area contributed by atoms with Gasteiger partial charge in [0.05, 0.1) is 18.9 Å². The van der Waals surface area contributed by atoms with Crippen LogP contribution in [0.1, 0.15) is 15.9 Å². The summed E-state index contributed by atoms with van der Waals surface area (Å²) in [6, 6.07) is 7.85. The lowest BCUT2D eigenvalue weighted by Gasteiger charge is -2.12. The molecule has 0 bridgehead atoms. The third kappa shape index (κ3) is 4.21. The highest BCUT2D eigenvalue weighted by Gasteiger charge is 2.30. The Bertz CT molecular complexity index is 1110. The van der Waals surface area contributed by atoms with Crippen molar-refractivity contribution in [3.8, 4) is 17.3 Å². The lowest BCUT2D eigenvalue weighted by molar-refractivity contribution is -0.137. The molecule has 7 nitrogen and oxygen atoms in total. The van der Waals surface area contributed by atoms with Gasteiger partial charge in [-0.1, -0.05) is 23.7 Å². The maximum absolute atomic E-state index is 12.6. The molecule has 0 saturated carbocycles. The second kappa shape index (κ2) is 7.92. The second-order valence-electron chi connectivity index (χ2n) is 5.53. The van der Waals surface area contributed by atoms with Crippen molar-refractivity contribution in [2.24, 2.45) is 0 Å². The van der Waals surface area contributed by atoms with Crippen LogP contribution in [-0.4, -0.2) is 27.8 Å². The number of hydrogen-bond acceptors (Lipinski definition) is 6. The number of rotatable bonds is 4. The molecule has 0 aliphatic rings. The molecule has 0 aliphatic carbocycles. The standard InChI is InChI=1S/C18H11ClF3N3O4/c1-28-17(27)11-4-2-3-5-12(11)29-13-9-24-25(16(26)15(13)19)14-7-6-10(8-23-14)18(20,21)22/h2-9H,1H3.